The summed E-state index contributed by atoms with van der Waals surface area (Å²) in [7, 11) is 7.46. The summed E-state index contributed by atoms with van der Waals surface area (Å²) in [4.78, 5) is 52.4. The minimum absolute atomic E-state index is 0. The van der Waals surface area contributed by atoms with Crippen molar-refractivity contribution in [2.24, 2.45) is 11.8 Å². The first-order valence-electron chi connectivity index (χ1n) is 16.1. The van der Waals surface area contributed by atoms with Crippen LogP contribution in [0.25, 0.3) is 0 Å². The number of ether oxygens (including phenoxy) is 1. The fourth-order valence-electron chi connectivity index (χ4n) is 4.91. The summed E-state index contributed by atoms with van der Waals surface area (Å²) in [6.07, 6.45) is -1.39. The maximum Gasteiger partial charge on any atom is 1.00 e. The van der Waals surface area contributed by atoms with Gasteiger partial charge in [-0.2, -0.15) is 0 Å². The number of carboxylic acids is 1. The van der Waals surface area contributed by atoms with Crippen molar-refractivity contribution in [3.63, 3.8) is 0 Å². The van der Waals surface area contributed by atoms with Crippen LogP contribution in [0.1, 0.15) is 94.6 Å². The number of hydrogen-bond acceptors (Lipinski definition) is 8. The average Bonchev–Trinajstić information content (AvgIpc) is 2.97. The molecular formula is C34H55F4LiN4O8. The molecule has 17 heteroatoms. The number of esters is 1. The van der Waals surface area contributed by atoms with Gasteiger partial charge >= 0.3 is 30.8 Å². The van der Waals surface area contributed by atoms with Gasteiger partial charge in [0.15, 0.2) is 0 Å². The molecule has 0 aliphatic rings. The number of hydrogen-bond donors (Lipinski definition) is 1. The Morgan fingerprint density at radius 3 is 1.41 bits per heavy atom. The van der Waals surface area contributed by atoms with Crippen molar-refractivity contribution in [2.75, 3.05) is 47.9 Å². The zero-order valence-electron chi connectivity index (χ0n) is 31.5. The Bertz CT molecular complexity index is 1450. The normalized spacial score (nSPS) is 12.2. The number of aliphatic carboxylic acids is 1. The van der Waals surface area contributed by atoms with Crippen molar-refractivity contribution in [3.8, 4) is 0 Å². The average molecular weight is 731 g/mol. The van der Waals surface area contributed by atoms with Gasteiger partial charge in [0.1, 0.15) is 12.1 Å². The number of pyridine rings is 2. The molecule has 0 fully saturated rings. The summed E-state index contributed by atoms with van der Waals surface area (Å²) >= 11 is 0. The van der Waals surface area contributed by atoms with Gasteiger partial charge in [0.05, 0.1) is 17.7 Å². The van der Waals surface area contributed by atoms with E-state index in [1.807, 2.05) is 65.7 Å². The zero-order valence-corrected chi connectivity index (χ0v) is 31.5. The van der Waals surface area contributed by atoms with E-state index in [1.165, 1.54) is 24.5 Å². The molecule has 0 saturated carbocycles. The standard InChI is InChI=1S/C18H28F2N2O3.C16H24F2N2O3.Li.2H2O/c1-6-25-18(24)15(9-12(2)3)22-11-13(7-8-21(4)5)10-14(16(19)20)17(22)23;1-10(2)7-13(16(22)23)20-9-11(5-6-19(3)4)8-12(14(17)18)15(20)21;;;/h10-12,15-16H,6-9H2,1-5H3;8-10,13-14H,5-7H2,1-4H3,(H,22,23);;2*1H2/q;;+1;;/p-1. The number of carbonyl (C=O) groups is 2. The molecule has 2 aromatic heterocycles. The Hall–Kier alpha value is -3.00. The zero-order chi connectivity index (χ0) is 36.9. The van der Waals surface area contributed by atoms with Crippen LogP contribution >= 0.6 is 0 Å². The summed E-state index contributed by atoms with van der Waals surface area (Å²) in [6.45, 7) is 10.6. The molecule has 2 heterocycles. The van der Waals surface area contributed by atoms with Crippen molar-refractivity contribution in [1.82, 2.24) is 18.9 Å². The fourth-order valence-corrected chi connectivity index (χ4v) is 4.91. The van der Waals surface area contributed by atoms with E-state index in [1.54, 1.807) is 6.92 Å². The van der Waals surface area contributed by atoms with E-state index in [0.29, 0.717) is 43.5 Å². The molecule has 0 radical (unpaired) electrons. The van der Waals surface area contributed by atoms with Gasteiger partial charge in [-0.25, -0.2) is 27.2 Å². The monoisotopic (exact) mass is 730 g/mol. The molecule has 0 aliphatic heterocycles. The van der Waals surface area contributed by atoms with Crippen LogP contribution in [0.15, 0.2) is 34.1 Å². The van der Waals surface area contributed by atoms with E-state index in [2.05, 4.69) is 0 Å². The Kier molecular flexibility index (Phi) is 25.7. The quantitative estimate of drug-likeness (QED) is 0.144. The number of nitrogens with zero attached hydrogens (tertiary/aromatic N) is 4. The SMILES string of the molecule is CC(C)CC(C(=O)O)n1cc(CCN(C)C)cc(C(F)F)c1=O.CCOC(=O)C(CC(C)C)n1cc(CCN(C)C)cc(C(F)F)c1=O.O.[Li+].[OH-]. The van der Waals surface area contributed by atoms with Crippen LogP contribution in [0.5, 0.6) is 0 Å². The predicted molar refractivity (Wildman–Crippen MR) is 183 cm³/mol. The van der Waals surface area contributed by atoms with Crippen LogP contribution in [0.2, 0.25) is 0 Å². The summed E-state index contributed by atoms with van der Waals surface area (Å²) < 4.78 is 60.1. The molecule has 2 rings (SSSR count). The van der Waals surface area contributed by atoms with E-state index in [0.717, 1.165) is 9.13 Å². The molecule has 0 amide bonds. The maximum absolute atomic E-state index is 13.3. The van der Waals surface area contributed by atoms with E-state index in [-0.39, 0.29) is 54.7 Å². The van der Waals surface area contributed by atoms with Crippen LogP contribution < -0.4 is 30.0 Å². The van der Waals surface area contributed by atoms with E-state index >= 15 is 0 Å². The molecule has 0 spiro atoms. The molecule has 0 saturated heterocycles. The van der Waals surface area contributed by atoms with Crippen LogP contribution in [-0.4, -0.2) is 94.8 Å². The number of likely N-dealkylation sites (N-methyl/N-ethyl adjacent to an activating group) is 2. The van der Waals surface area contributed by atoms with Crippen molar-refractivity contribution in [1.29, 1.82) is 0 Å². The van der Waals surface area contributed by atoms with Crippen molar-refractivity contribution in [3.05, 3.63) is 67.5 Å². The number of alkyl halides is 4. The first-order chi connectivity index (χ1) is 22.3. The van der Waals surface area contributed by atoms with Gasteiger partial charge in [-0.05, 0) is 95.9 Å². The minimum atomic E-state index is -2.93. The van der Waals surface area contributed by atoms with Crippen molar-refractivity contribution in [2.45, 2.75) is 85.2 Å². The van der Waals surface area contributed by atoms with Gasteiger partial charge < -0.3 is 39.7 Å². The maximum atomic E-state index is 13.3. The number of halogens is 4. The van der Waals surface area contributed by atoms with Crippen LogP contribution in [0, 0.1) is 11.8 Å². The first kappa shape index (κ1) is 52.4. The van der Waals surface area contributed by atoms with E-state index in [9.17, 15) is 41.8 Å². The minimum Gasteiger partial charge on any atom is -0.870 e. The first-order valence-corrected chi connectivity index (χ1v) is 16.1. The van der Waals surface area contributed by atoms with Gasteiger partial charge in [0.25, 0.3) is 24.0 Å². The summed E-state index contributed by atoms with van der Waals surface area (Å²) in [6, 6.07) is 0.384. The van der Waals surface area contributed by atoms with Gasteiger partial charge in [-0.3, -0.25) is 9.59 Å². The summed E-state index contributed by atoms with van der Waals surface area (Å²) in [5, 5.41) is 9.38. The van der Waals surface area contributed by atoms with Gasteiger partial charge in [-0.1, -0.05) is 27.7 Å². The molecule has 288 valence electrons. The van der Waals surface area contributed by atoms with Crippen LogP contribution in [0.4, 0.5) is 17.6 Å². The number of rotatable bonds is 17. The Morgan fingerprint density at radius 2 is 1.12 bits per heavy atom. The third-order valence-corrected chi connectivity index (χ3v) is 7.32. The third-order valence-electron chi connectivity index (χ3n) is 7.32. The molecular weight excluding hydrogens is 675 g/mol. The Labute approximate surface area is 309 Å². The second-order valence-electron chi connectivity index (χ2n) is 13.1. The molecule has 0 aromatic carbocycles. The molecule has 4 N–H and O–H groups in total. The molecule has 2 aromatic rings. The smallest absolute Gasteiger partial charge is 0.870 e. The van der Waals surface area contributed by atoms with Gasteiger partial charge in [0, 0.05) is 25.5 Å². The summed E-state index contributed by atoms with van der Waals surface area (Å²) in [5.74, 6) is -1.64. The second kappa shape index (κ2) is 25.1. The van der Waals surface area contributed by atoms with E-state index < -0.39 is 59.1 Å². The predicted octanol–water partition coefficient (Wildman–Crippen LogP) is 1.60. The molecule has 2 atom stereocenters. The fraction of sp³-hybridized carbons (Fsp3) is 0.647. The topological polar surface area (TPSA) is 176 Å². The van der Waals surface area contributed by atoms with Crippen LogP contribution in [0.3, 0.4) is 0 Å². The molecule has 2 unspecified atom stereocenters. The number of aromatic nitrogens is 2. The number of carbonyl (C=O) groups excluding carboxylic acids is 1. The molecule has 51 heavy (non-hydrogen) atoms. The Balaban J connectivity index is -0.000000856. The largest absolute Gasteiger partial charge is 1.00 e. The van der Waals surface area contributed by atoms with E-state index in [4.69, 9.17) is 4.74 Å². The Morgan fingerprint density at radius 1 is 0.765 bits per heavy atom. The summed E-state index contributed by atoms with van der Waals surface area (Å²) in [5.41, 5.74) is -1.85. The van der Waals surface area contributed by atoms with Crippen LogP contribution in [-0.2, 0) is 27.2 Å². The molecule has 12 nitrogen and oxygen atoms in total. The second-order valence-corrected chi connectivity index (χ2v) is 13.1. The van der Waals surface area contributed by atoms with Gasteiger partial charge in [0.2, 0.25) is 0 Å². The van der Waals surface area contributed by atoms with Crippen molar-refractivity contribution >= 4 is 11.9 Å². The van der Waals surface area contributed by atoms with Gasteiger partial charge in [-0.15, -0.1) is 0 Å². The molecule has 0 aliphatic carbocycles. The third kappa shape index (κ3) is 17.4. The molecule has 0 bridgehead atoms. The number of carboxylic acid groups (broad SMARTS) is 1. The van der Waals surface area contributed by atoms with Crippen molar-refractivity contribution < 1.29 is 66.8 Å².